The van der Waals surface area contributed by atoms with E-state index in [-0.39, 0.29) is 24.3 Å². The van der Waals surface area contributed by atoms with Crippen molar-refractivity contribution >= 4 is 28.7 Å². The standard InChI is InChI=1S/C19H22ClN5O5/c1-23-16-15(17(27)22-19(23)28)25(18(21-16)24-6-8-29-9-7-24)10-12(26)11-30-14-5-3-2-4-13(14)20/h2-5,12,26H,6-11H2,1H3,(H,22,27,28)/t12-/m0/s1. The van der Waals surface area contributed by atoms with Crippen LogP contribution in [0.25, 0.3) is 11.2 Å². The molecule has 0 unspecified atom stereocenters. The number of aliphatic hydroxyl groups excluding tert-OH is 1. The van der Waals surface area contributed by atoms with Crippen molar-refractivity contribution in [1.82, 2.24) is 19.1 Å². The van der Waals surface area contributed by atoms with E-state index in [1.165, 1.54) is 11.6 Å². The van der Waals surface area contributed by atoms with Gasteiger partial charge in [-0.15, -0.1) is 0 Å². The first kappa shape index (κ1) is 20.5. The van der Waals surface area contributed by atoms with E-state index in [2.05, 4.69) is 9.97 Å². The Hall–Kier alpha value is -2.82. The molecule has 11 heteroatoms. The Balaban J connectivity index is 1.67. The third-order valence-electron chi connectivity index (χ3n) is 4.94. The number of halogens is 1. The number of morpholine rings is 1. The lowest BCUT2D eigenvalue weighted by atomic mass is 10.3. The first-order valence-corrected chi connectivity index (χ1v) is 9.91. The number of nitrogens with zero attached hydrogens (tertiary/aromatic N) is 4. The van der Waals surface area contributed by atoms with Gasteiger partial charge in [0.2, 0.25) is 5.95 Å². The molecule has 1 aromatic carbocycles. The molecule has 160 valence electrons. The molecular weight excluding hydrogens is 414 g/mol. The van der Waals surface area contributed by atoms with Crippen molar-refractivity contribution in [2.45, 2.75) is 12.6 Å². The van der Waals surface area contributed by atoms with E-state index >= 15 is 0 Å². The summed E-state index contributed by atoms with van der Waals surface area (Å²) >= 11 is 6.09. The van der Waals surface area contributed by atoms with Gasteiger partial charge >= 0.3 is 5.69 Å². The number of hydrogen-bond donors (Lipinski definition) is 2. The molecule has 1 saturated heterocycles. The molecule has 1 aliphatic rings. The van der Waals surface area contributed by atoms with Crippen molar-refractivity contribution in [3.8, 4) is 5.75 Å². The van der Waals surface area contributed by atoms with Crippen LogP contribution in [0.1, 0.15) is 0 Å². The van der Waals surface area contributed by atoms with Gasteiger partial charge in [-0.2, -0.15) is 4.98 Å². The molecule has 0 saturated carbocycles. The number of hydrogen-bond acceptors (Lipinski definition) is 7. The maximum atomic E-state index is 12.6. The average Bonchev–Trinajstić information content (AvgIpc) is 3.12. The van der Waals surface area contributed by atoms with Gasteiger partial charge < -0.3 is 24.0 Å². The molecule has 2 aromatic heterocycles. The molecule has 1 fully saturated rings. The summed E-state index contributed by atoms with van der Waals surface area (Å²) in [7, 11) is 1.54. The second-order valence-corrected chi connectivity index (χ2v) is 7.41. The zero-order valence-corrected chi connectivity index (χ0v) is 17.1. The topological polar surface area (TPSA) is 115 Å². The monoisotopic (exact) mass is 435 g/mol. The fourth-order valence-electron chi connectivity index (χ4n) is 3.41. The lowest BCUT2D eigenvalue weighted by Gasteiger charge is -2.28. The molecule has 0 aliphatic carbocycles. The lowest BCUT2D eigenvalue weighted by Crippen LogP contribution is -2.39. The van der Waals surface area contributed by atoms with Crippen LogP contribution in [0.2, 0.25) is 5.02 Å². The summed E-state index contributed by atoms with van der Waals surface area (Å²) < 4.78 is 13.9. The van der Waals surface area contributed by atoms with Crippen molar-refractivity contribution in [1.29, 1.82) is 0 Å². The number of aryl methyl sites for hydroxylation is 1. The number of ether oxygens (including phenoxy) is 2. The van der Waals surface area contributed by atoms with E-state index in [4.69, 9.17) is 21.1 Å². The van der Waals surface area contributed by atoms with Crippen molar-refractivity contribution in [3.05, 3.63) is 50.1 Å². The summed E-state index contributed by atoms with van der Waals surface area (Å²) in [6, 6.07) is 6.98. The minimum atomic E-state index is -0.949. The first-order chi connectivity index (χ1) is 14.5. The quantitative estimate of drug-likeness (QED) is 0.574. The van der Waals surface area contributed by atoms with Crippen LogP contribution in [-0.2, 0) is 18.3 Å². The predicted octanol–water partition coefficient (Wildman–Crippen LogP) is 0.353. The molecule has 2 N–H and O–H groups in total. The number of aromatic nitrogens is 4. The fraction of sp³-hybridized carbons (Fsp3) is 0.421. The number of aliphatic hydroxyl groups is 1. The minimum absolute atomic E-state index is 0.0321. The number of benzene rings is 1. The second kappa shape index (κ2) is 8.50. The normalized spacial score (nSPS) is 15.5. The Kier molecular flexibility index (Phi) is 5.80. The van der Waals surface area contributed by atoms with Gasteiger partial charge in [0, 0.05) is 20.1 Å². The molecular formula is C19H22ClN5O5. The van der Waals surface area contributed by atoms with Gasteiger partial charge in [-0.1, -0.05) is 23.7 Å². The van der Waals surface area contributed by atoms with E-state index in [1.54, 1.807) is 28.8 Å². The second-order valence-electron chi connectivity index (χ2n) is 7.01. The molecule has 10 nitrogen and oxygen atoms in total. The highest BCUT2D eigenvalue weighted by Crippen LogP contribution is 2.24. The third kappa shape index (κ3) is 3.93. The molecule has 1 aliphatic heterocycles. The van der Waals surface area contributed by atoms with Crippen LogP contribution in [0.4, 0.5) is 5.95 Å². The van der Waals surface area contributed by atoms with Crippen LogP contribution in [0.15, 0.2) is 33.9 Å². The van der Waals surface area contributed by atoms with Crippen LogP contribution >= 0.6 is 11.6 Å². The maximum absolute atomic E-state index is 12.6. The molecule has 0 radical (unpaired) electrons. The SMILES string of the molecule is Cn1c(=O)[nH]c(=O)c2c1nc(N1CCOCC1)n2C[C@H](O)COc1ccccc1Cl. The number of nitrogens with one attached hydrogen (secondary N) is 1. The Morgan fingerprint density at radius 3 is 2.77 bits per heavy atom. The zero-order valence-electron chi connectivity index (χ0n) is 16.4. The van der Waals surface area contributed by atoms with Gasteiger partial charge in [-0.05, 0) is 12.1 Å². The summed E-state index contributed by atoms with van der Waals surface area (Å²) in [6.07, 6.45) is -0.949. The van der Waals surface area contributed by atoms with Gasteiger partial charge in [0.25, 0.3) is 5.56 Å². The first-order valence-electron chi connectivity index (χ1n) is 9.53. The highest BCUT2D eigenvalue weighted by molar-refractivity contribution is 6.32. The summed E-state index contributed by atoms with van der Waals surface area (Å²) in [5, 5.41) is 11.1. The average molecular weight is 436 g/mol. The van der Waals surface area contributed by atoms with E-state index in [9.17, 15) is 14.7 Å². The summed E-state index contributed by atoms with van der Waals surface area (Å²) in [5.74, 6) is 0.958. The molecule has 0 amide bonds. The van der Waals surface area contributed by atoms with Gasteiger partial charge in [0.05, 0.1) is 24.8 Å². The zero-order chi connectivity index (χ0) is 21.3. The van der Waals surface area contributed by atoms with E-state index in [0.717, 1.165) is 0 Å². The van der Waals surface area contributed by atoms with Gasteiger partial charge in [0.15, 0.2) is 11.2 Å². The molecule has 0 spiro atoms. The number of fused-ring (bicyclic) bond motifs is 1. The number of imidazole rings is 1. The Morgan fingerprint density at radius 2 is 2.03 bits per heavy atom. The lowest BCUT2D eigenvalue weighted by molar-refractivity contribution is 0.0928. The van der Waals surface area contributed by atoms with Crippen molar-refractivity contribution in [2.24, 2.45) is 7.05 Å². The number of rotatable bonds is 6. The number of H-pyrrole nitrogens is 1. The van der Waals surface area contributed by atoms with E-state index in [1.807, 2.05) is 4.90 Å². The number of aromatic amines is 1. The highest BCUT2D eigenvalue weighted by Gasteiger charge is 2.24. The summed E-state index contributed by atoms with van der Waals surface area (Å²) in [4.78, 5) is 33.4. The van der Waals surface area contributed by atoms with E-state index < -0.39 is 17.4 Å². The van der Waals surface area contributed by atoms with Crippen molar-refractivity contribution in [3.63, 3.8) is 0 Å². The molecule has 3 heterocycles. The summed E-state index contributed by atoms with van der Waals surface area (Å²) in [6.45, 7) is 2.24. The van der Waals surface area contributed by atoms with Crippen LogP contribution in [0.5, 0.6) is 5.75 Å². The van der Waals surface area contributed by atoms with Crippen molar-refractivity contribution in [2.75, 3.05) is 37.8 Å². The smallest absolute Gasteiger partial charge is 0.329 e. The molecule has 1 atom stereocenters. The molecule has 3 aromatic rings. The van der Waals surface area contributed by atoms with Gasteiger partial charge in [-0.3, -0.25) is 14.3 Å². The van der Waals surface area contributed by atoms with Gasteiger partial charge in [0.1, 0.15) is 18.5 Å². The van der Waals surface area contributed by atoms with Crippen LogP contribution < -0.4 is 20.9 Å². The Morgan fingerprint density at radius 1 is 1.30 bits per heavy atom. The van der Waals surface area contributed by atoms with Crippen LogP contribution in [0.3, 0.4) is 0 Å². The minimum Gasteiger partial charge on any atom is -0.489 e. The molecule has 30 heavy (non-hydrogen) atoms. The highest BCUT2D eigenvalue weighted by atomic mass is 35.5. The van der Waals surface area contributed by atoms with Crippen molar-refractivity contribution < 1.29 is 14.6 Å². The molecule has 4 rings (SSSR count). The fourth-order valence-corrected chi connectivity index (χ4v) is 3.60. The summed E-state index contributed by atoms with van der Waals surface area (Å²) in [5.41, 5.74) is -0.632. The Bertz CT molecular complexity index is 1160. The Labute approximate surface area is 176 Å². The predicted molar refractivity (Wildman–Crippen MR) is 112 cm³/mol. The number of anilines is 1. The number of para-hydroxylation sites is 1. The van der Waals surface area contributed by atoms with Gasteiger partial charge in [-0.25, -0.2) is 4.79 Å². The van der Waals surface area contributed by atoms with Crippen LogP contribution in [0, 0.1) is 0 Å². The largest absolute Gasteiger partial charge is 0.489 e. The maximum Gasteiger partial charge on any atom is 0.329 e. The van der Waals surface area contributed by atoms with E-state index in [0.29, 0.717) is 43.0 Å². The van der Waals surface area contributed by atoms with Crippen LogP contribution in [-0.4, -0.2) is 63.2 Å². The molecule has 0 bridgehead atoms. The third-order valence-corrected chi connectivity index (χ3v) is 5.25.